The standard InChI is InChI=1S/C19H32ClN3O.C4H10.2H2O/c1-13(2)17(22-12-21)18(24)23-10-9-16(19(3,4)11-23)14-5-7-15(20)8-6-14;1-3-4-2;;/h5-7,13,15-17,22H,8-12,21H2,1-4H3;3-4H2,1-2H3;2*1H2/t15?,16?,17-;;;/m1.../s1. The molecule has 0 aromatic heterocycles. The summed E-state index contributed by atoms with van der Waals surface area (Å²) in [5, 5.41) is 3.25. The number of allylic oxidation sites excluding steroid dienone is 4. The lowest BCUT2D eigenvalue weighted by Gasteiger charge is -2.46. The van der Waals surface area contributed by atoms with Crippen molar-refractivity contribution in [1.29, 1.82) is 0 Å². The molecule has 7 heteroatoms. The number of amides is 1. The summed E-state index contributed by atoms with van der Waals surface area (Å²) in [7, 11) is 0. The molecule has 1 aliphatic heterocycles. The van der Waals surface area contributed by atoms with Gasteiger partial charge in [-0.2, -0.15) is 0 Å². The number of likely N-dealkylation sites (tertiary alicyclic amines) is 1. The second kappa shape index (κ2) is 15.0. The fraction of sp³-hybridized carbons (Fsp3) is 0.783. The first-order valence-electron chi connectivity index (χ1n) is 10.9. The van der Waals surface area contributed by atoms with E-state index in [0.717, 1.165) is 25.9 Å². The zero-order chi connectivity index (χ0) is 21.3. The van der Waals surface area contributed by atoms with Gasteiger partial charge in [0.15, 0.2) is 0 Å². The molecule has 0 saturated carbocycles. The van der Waals surface area contributed by atoms with Crippen molar-refractivity contribution < 1.29 is 15.7 Å². The molecule has 6 nitrogen and oxygen atoms in total. The Bertz CT molecular complexity index is 548. The predicted molar refractivity (Wildman–Crippen MR) is 129 cm³/mol. The van der Waals surface area contributed by atoms with E-state index in [-0.39, 0.29) is 39.6 Å². The van der Waals surface area contributed by atoms with Gasteiger partial charge in [-0.3, -0.25) is 10.1 Å². The molecule has 2 rings (SSSR count). The molecule has 2 unspecified atom stereocenters. The summed E-state index contributed by atoms with van der Waals surface area (Å²) in [6, 6.07) is -0.201. The number of unbranched alkanes of at least 4 members (excludes halogenated alkanes) is 1. The van der Waals surface area contributed by atoms with Crippen LogP contribution in [0.2, 0.25) is 0 Å². The van der Waals surface area contributed by atoms with Crippen LogP contribution in [-0.2, 0) is 4.79 Å². The van der Waals surface area contributed by atoms with Crippen LogP contribution in [0.3, 0.4) is 0 Å². The molecule has 2 aliphatic rings. The number of piperidine rings is 1. The summed E-state index contributed by atoms with van der Waals surface area (Å²) in [6.45, 7) is 14.9. The van der Waals surface area contributed by atoms with Gasteiger partial charge in [0, 0.05) is 19.8 Å². The van der Waals surface area contributed by atoms with Gasteiger partial charge in [-0.25, -0.2) is 0 Å². The quantitative estimate of drug-likeness (QED) is 0.480. The highest BCUT2D eigenvalue weighted by atomic mass is 35.5. The van der Waals surface area contributed by atoms with E-state index in [0.29, 0.717) is 12.6 Å². The van der Waals surface area contributed by atoms with E-state index in [2.05, 4.69) is 65.1 Å². The zero-order valence-electron chi connectivity index (χ0n) is 19.8. The lowest BCUT2D eigenvalue weighted by Crippen LogP contribution is -2.56. The van der Waals surface area contributed by atoms with Crippen LogP contribution in [-0.4, -0.2) is 52.9 Å². The summed E-state index contributed by atoms with van der Waals surface area (Å²) < 4.78 is 0. The molecule has 0 bridgehead atoms. The maximum Gasteiger partial charge on any atom is 0.240 e. The van der Waals surface area contributed by atoms with E-state index in [1.807, 2.05) is 4.90 Å². The first-order chi connectivity index (χ1) is 13.2. The Morgan fingerprint density at radius 1 is 1.30 bits per heavy atom. The molecule has 1 amide bonds. The van der Waals surface area contributed by atoms with Crippen molar-refractivity contribution in [2.75, 3.05) is 19.8 Å². The maximum absolute atomic E-state index is 12.9. The minimum absolute atomic E-state index is 0. The minimum atomic E-state index is -0.201. The average Bonchev–Trinajstić information content (AvgIpc) is 2.65. The number of nitrogens with zero attached hydrogens (tertiary/aromatic N) is 1. The van der Waals surface area contributed by atoms with Crippen molar-refractivity contribution in [2.24, 2.45) is 23.0 Å². The molecule has 0 aromatic carbocycles. The van der Waals surface area contributed by atoms with Gasteiger partial charge in [0.1, 0.15) is 0 Å². The molecule has 1 aliphatic carbocycles. The van der Waals surface area contributed by atoms with Crippen molar-refractivity contribution in [3.8, 4) is 0 Å². The van der Waals surface area contributed by atoms with Crippen molar-refractivity contribution in [1.82, 2.24) is 10.2 Å². The molecule has 3 atom stereocenters. The van der Waals surface area contributed by atoms with Gasteiger partial charge in [-0.05, 0) is 35.7 Å². The number of rotatable bonds is 6. The lowest BCUT2D eigenvalue weighted by molar-refractivity contribution is -0.138. The third-order valence-electron chi connectivity index (χ3n) is 5.79. The van der Waals surface area contributed by atoms with Gasteiger partial charge in [-0.15, -0.1) is 11.6 Å². The van der Waals surface area contributed by atoms with Gasteiger partial charge in [0.25, 0.3) is 0 Å². The third kappa shape index (κ3) is 9.06. The Hall–Kier alpha value is -0.920. The number of nitrogens with one attached hydrogen (secondary N) is 1. The molecule has 0 aromatic rings. The number of carbonyl (C=O) groups is 1. The number of carbonyl (C=O) groups excluding carboxylic acids is 1. The summed E-state index contributed by atoms with van der Waals surface area (Å²) in [5.41, 5.74) is 7.04. The van der Waals surface area contributed by atoms with Crippen molar-refractivity contribution >= 4 is 17.5 Å². The molecular weight excluding hydrogens is 402 g/mol. The van der Waals surface area contributed by atoms with Crippen molar-refractivity contribution in [3.05, 3.63) is 23.8 Å². The molecule has 178 valence electrons. The Morgan fingerprint density at radius 2 is 1.90 bits per heavy atom. The van der Waals surface area contributed by atoms with E-state index in [9.17, 15) is 4.79 Å². The van der Waals surface area contributed by atoms with Crippen LogP contribution in [0.5, 0.6) is 0 Å². The topological polar surface area (TPSA) is 121 Å². The SMILES string of the molecule is CC(C)[C@@H](NCN)C(=O)N1CCC(C2=CCC(Cl)C=C2)C(C)(C)C1.CCCC.O.O. The second-order valence-electron chi connectivity index (χ2n) is 9.03. The fourth-order valence-electron chi connectivity index (χ4n) is 3.96. The van der Waals surface area contributed by atoms with Crippen LogP contribution in [0.15, 0.2) is 23.8 Å². The maximum atomic E-state index is 12.9. The lowest BCUT2D eigenvalue weighted by atomic mass is 9.69. The Kier molecular flexibility index (Phi) is 15.6. The number of hydrogen-bond acceptors (Lipinski definition) is 3. The Morgan fingerprint density at radius 3 is 2.30 bits per heavy atom. The highest BCUT2D eigenvalue weighted by Gasteiger charge is 2.40. The molecule has 1 heterocycles. The van der Waals surface area contributed by atoms with Gasteiger partial charge in [0.2, 0.25) is 5.91 Å². The number of nitrogens with two attached hydrogens (primary N) is 1. The molecular formula is C23H46ClN3O3. The Balaban J connectivity index is 0. The van der Waals surface area contributed by atoms with Crippen LogP contribution < -0.4 is 11.1 Å². The first kappa shape index (κ1) is 31.3. The van der Waals surface area contributed by atoms with Crippen LogP contribution in [0.1, 0.15) is 67.2 Å². The van der Waals surface area contributed by atoms with Crippen LogP contribution in [0, 0.1) is 17.3 Å². The van der Waals surface area contributed by atoms with Gasteiger partial charge < -0.3 is 21.6 Å². The molecule has 0 radical (unpaired) electrons. The molecule has 1 fully saturated rings. The second-order valence-corrected chi connectivity index (χ2v) is 9.60. The van der Waals surface area contributed by atoms with E-state index < -0.39 is 0 Å². The molecule has 1 saturated heterocycles. The van der Waals surface area contributed by atoms with E-state index >= 15 is 0 Å². The largest absolute Gasteiger partial charge is 0.412 e. The molecule has 30 heavy (non-hydrogen) atoms. The minimum Gasteiger partial charge on any atom is -0.412 e. The van der Waals surface area contributed by atoms with Crippen molar-refractivity contribution in [2.45, 2.75) is 78.6 Å². The fourth-order valence-corrected chi connectivity index (χ4v) is 4.13. The highest BCUT2D eigenvalue weighted by Crippen LogP contribution is 2.41. The van der Waals surface area contributed by atoms with Crippen LogP contribution in [0.25, 0.3) is 0 Å². The monoisotopic (exact) mass is 447 g/mol. The summed E-state index contributed by atoms with van der Waals surface area (Å²) in [6.07, 6.45) is 11.1. The number of alkyl halides is 1. The van der Waals surface area contributed by atoms with E-state index in [1.165, 1.54) is 18.4 Å². The predicted octanol–water partition coefficient (Wildman–Crippen LogP) is 3.04. The Labute approximate surface area is 188 Å². The van der Waals surface area contributed by atoms with E-state index in [1.54, 1.807) is 0 Å². The average molecular weight is 448 g/mol. The van der Waals surface area contributed by atoms with Gasteiger partial charge in [-0.1, -0.05) is 72.6 Å². The number of halogens is 1. The van der Waals surface area contributed by atoms with Crippen LogP contribution in [0.4, 0.5) is 0 Å². The van der Waals surface area contributed by atoms with Crippen LogP contribution >= 0.6 is 11.6 Å². The highest BCUT2D eigenvalue weighted by molar-refractivity contribution is 6.22. The van der Waals surface area contributed by atoms with Gasteiger partial charge >= 0.3 is 0 Å². The number of hydrogen-bond donors (Lipinski definition) is 2. The molecule has 7 N–H and O–H groups in total. The normalized spacial score (nSPS) is 23.4. The summed E-state index contributed by atoms with van der Waals surface area (Å²) in [4.78, 5) is 14.9. The summed E-state index contributed by atoms with van der Waals surface area (Å²) >= 11 is 6.15. The van der Waals surface area contributed by atoms with Crippen molar-refractivity contribution in [3.63, 3.8) is 0 Å². The smallest absolute Gasteiger partial charge is 0.240 e. The zero-order valence-corrected chi connectivity index (χ0v) is 20.6. The summed E-state index contributed by atoms with van der Waals surface area (Å²) in [5.74, 6) is 0.879. The van der Waals surface area contributed by atoms with Gasteiger partial charge in [0.05, 0.1) is 11.4 Å². The first-order valence-corrected chi connectivity index (χ1v) is 11.4. The van der Waals surface area contributed by atoms with E-state index in [4.69, 9.17) is 17.3 Å². The third-order valence-corrected chi connectivity index (χ3v) is 6.11. The molecule has 0 spiro atoms.